The number of hydrogen-bond donors (Lipinski definition) is 1. The van der Waals surface area contributed by atoms with Gasteiger partial charge < -0.3 is 4.98 Å². The van der Waals surface area contributed by atoms with Crippen LogP contribution in [0.15, 0.2) is 4.79 Å². The van der Waals surface area contributed by atoms with Crippen LogP contribution in [0.5, 0.6) is 0 Å². The number of thiophene rings is 1. The first-order valence-electron chi connectivity index (χ1n) is 7.39. The van der Waals surface area contributed by atoms with Crippen LogP contribution in [0.3, 0.4) is 0 Å². The Bertz CT molecular complexity index is 754. The predicted molar refractivity (Wildman–Crippen MR) is 87.4 cm³/mol. The smallest absolute Gasteiger partial charge is 0.263 e. The summed E-state index contributed by atoms with van der Waals surface area (Å²) in [6, 6.07) is 0. The van der Waals surface area contributed by atoms with Gasteiger partial charge in [0.15, 0.2) is 4.77 Å². The van der Waals surface area contributed by atoms with E-state index in [0.29, 0.717) is 17.2 Å². The Morgan fingerprint density at radius 2 is 2.15 bits per heavy atom. The van der Waals surface area contributed by atoms with E-state index in [-0.39, 0.29) is 5.56 Å². The van der Waals surface area contributed by atoms with Crippen molar-refractivity contribution in [2.75, 3.05) is 0 Å². The molecule has 0 amide bonds. The van der Waals surface area contributed by atoms with E-state index >= 15 is 0 Å². The molecule has 0 saturated carbocycles. The highest BCUT2D eigenvalue weighted by Gasteiger charge is 2.20. The van der Waals surface area contributed by atoms with Gasteiger partial charge in [0.05, 0.1) is 5.39 Å². The third kappa shape index (κ3) is 2.27. The van der Waals surface area contributed by atoms with Crippen LogP contribution >= 0.6 is 23.6 Å². The lowest BCUT2D eigenvalue weighted by Crippen LogP contribution is -2.25. The van der Waals surface area contributed by atoms with Crippen LogP contribution in [-0.4, -0.2) is 9.55 Å². The first-order valence-corrected chi connectivity index (χ1v) is 8.61. The summed E-state index contributed by atoms with van der Waals surface area (Å²) < 4.78 is 2.33. The Hall–Kier alpha value is -0.940. The molecule has 1 N–H and O–H groups in total. The van der Waals surface area contributed by atoms with Crippen LogP contribution in [0.1, 0.15) is 43.6 Å². The van der Waals surface area contributed by atoms with Gasteiger partial charge in [0.1, 0.15) is 4.83 Å². The summed E-state index contributed by atoms with van der Waals surface area (Å²) in [7, 11) is 0. The summed E-state index contributed by atoms with van der Waals surface area (Å²) in [6.07, 6.45) is 5.64. The first-order chi connectivity index (χ1) is 9.61. The third-order valence-electron chi connectivity index (χ3n) is 4.29. The second-order valence-electron chi connectivity index (χ2n) is 5.77. The van der Waals surface area contributed by atoms with Gasteiger partial charge in [0, 0.05) is 11.4 Å². The van der Waals surface area contributed by atoms with Gasteiger partial charge in [-0.3, -0.25) is 9.36 Å². The molecule has 0 aromatic carbocycles. The normalized spacial score (nSPS) is 16.3. The van der Waals surface area contributed by atoms with Crippen LogP contribution in [0, 0.1) is 10.7 Å². The van der Waals surface area contributed by atoms with Crippen molar-refractivity contribution in [2.24, 2.45) is 5.92 Å². The van der Waals surface area contributed by atoms with Gasteiger partial charge in [-0.05, 0) is 49.4 Å². The molecule has 108 valence electrons. The Morgan fingerprint density at radius 1 is 1.40 bits per heavy atom. The number of aromatic nitrogens is 2. The monoisotopic (exact) mass is 308 g/mol. The Kier molecular flexibility index (Phi) is 3.82. The second kappa shape index (κ2) is 5.45. The topological polar surface area (TPSA) is 37.8 Å². The maximum Gasteiger partial charge on any atom is 0.263 e. The fourth-order valence-electron chi connectivity index (χ4n) is 2.88. The summed E-state index contributed by atoms with van der Waals surface area (Å²) in [5, 5.41) is 0.904. The van der Waals surface area contributed by atoms with Crippen molar-refractivity contribution in [3.8, 4) is 0 Å². The van der Waals surface area contributed by atoms with E-state index in [1.165, 1.54) is 23.3 Å². The van der Waals surface area contributed by atoms with Crippen molar-refractivity contribution in [3.05, 3.63) is 25.6 Å². The lowest BCUT2D eigenvalue weighted by Gasteiger charge is -2.13. The molecule has 0 saturated heterocycles. The standard InChI is InChI=1S/C15H20N2OS2/c1-3-9(2)8-17-14(18)12-10-6-4-5-7-11(10)20-13(12)16-15(17)19/h9H,3-8H2,1-2H3,(H,16,19). The zero-order chi connectivity index (χ0) is 14.3. The second-order valence-corrected chi connectivity index (χ2v) is 7.27. The molecule has 0 spiro atoms. The number of fused-ring (bicyclic) bond motifs is 3. The largest absolute Gasteiger partial charge is 0.323 e. The predicted octanol–water partition coefficient (Wildman–Crippen LogP) is 4.05. The van der Waals surface area contributed by atoms with Gasteiger partial charge in [0.2, 0.25) is 0 Å². The van der Waals surface area contributed by atoms with Crippen LogP contribution < -0.4 is 5.56 Å². The number of nitrogens with one attached hydrogen (secondary N) is 1. The minimum Gasteiger partial charge on any atom is -0.323 e. The van der Waals surface area contributed by atoms with Crippen LogP contribution in [-0.2, 0) is 19.4 Å². The van der Waals surface area contributed by atoms with Gasteiger partial charge in [-0.1, -0.05) is 20.3 Å². The summed E-state index contributed by atoms with van der Waals surface area (Å²) in [4.78, 5) is 18.5. The third-order valence-corrected chi connectivity index (χ3v) is 5.82. The van der Waals surface area contributed by atoms with Crippen molar-refractivity contribution in [2.45, 2.75) is 52.5 Å². The highest BCUT2D eigenvalue weighted by molar-refractivity contribution is 7.71. The highest BCUT2D eigenvalue weighted by Crippen LogP contribution is 2.33. The minimum atomic E-state index is 0.114. The Labute approximate surface area is 127 Å². The number of aromatic amines is 1. The molecule has 0 radical (unpaired) electrons. The van der Waals surface area contributed by atoms with Crippen LogP contribution in [0.25, 0.3) is 10.2 Å². The van der Waals surface area contributed by atoms with Crippen LogP contribution in [0.2, 0.25) is 0 Å². The van der Waals surface area contributed by atoms with Gasteiger partial charge in [-0.25, -0.2) is 0 Å². The molecule has 1 unspecified atom stereocenters. The molecule has 3 rings (SSSR count). The molecule has 0 fully saturated rings. The van der Waals surface area contributed by atoms with Crippen molar-refractivity contribution >= 4 is 33.8 Å². The molecule has 1 atom stereocenters. The first kappa shape index (κ1) is 14.0. The van der Waals surface area contributed by atoms with Crippen molar-refractivity contribution in [1.82, 2.24) is 9.55 Å². The average Bonchev–Trinajstić information content (AvgIpc) is 2.81. The van der Waals surface area contributed by atoms with E-state index < -0.39 is 0 Å². The quantitative estimate of drug-likeness (QED) is 0.869. The SMILES string of the molecule is CCC(C)Cn1c(=S)[nH]c2sc3c(c2c1=O)CCCC3. The summed E-state index contributed by atoms with van der Waals surface area (Å²) in [5.41, 5.74) is 1.40. The molecule has 5 heteroatoms. The van der Waals surface area contributed by atoms with Crippen molar-refractivity contribution < 1.29 is 0 Å². The molecule has 3 nitrogen and oxygen atoms in total. The van der Waals surface area contributed by atoms with Gasteiger partial charge in [0.25, 0.3) is 5.56 Å². The van der Waals surface area contributed by atoms with Crippen molar-refractivity contribution in [3.63, 3.8) is 0 Å². The molecule has 2 heterocycles. The lowest BCUT2D eigenvalue weighted by molar-refractivity contribution is 0.454. The molecule has 20 heavy (non-hydrogen) atoms. The number of rotatable bonds is 3. The molecule has 0 aliphatic heterocycles. The number of H-pyrrole nitrogens is 1. The number of aryl methyl sites for hydroxylation is 2. The zero-order valence-corrected chi connectivity index (χ0v) is 13.6. The fourth-order valence-corrected chi connectivity index (χ4v) is 4.48. The van der Waals surface area contributed by atoms with E-state index in [1.807, 2.05) is 0 Å². The zero-order valence-electron chi connectivity index (χ0n) is 12.0. The summed E-state index contributed by atoms with van der Waals surface area (Å²) >= 11 is 7.11. The van der Waals surface area contributed by atoms with E-state index in [4.69, 9.17) is 12.2 Å². The minimum absolute atomic E-state index is 0.114. The van der Waals surface area contributed by atoms with E-state index in [9.17, 15) is 4.79 Å². The number of hydrogen-bond acceptors (Lipinski definition) is 3. The average molecular weight is 308 g/mol. The van der Waals surface area contributed by atoms with E-state index in [1.54, 1.807) is 15.9 Å². The highest BCUT2D eigenvalue weighted by atomic mass is 32.1. The molecular formula is C15H20N2OS2. The van der Waals surface area contributed by atoms with Gasteiger partial charge in [-0.2, -0.15) is 0 Å². The molecule has 2 aromatic rings. The van der Waals surface area contributed by atoms with Gasteiger partial charge >= 0.3 is 0 Å². The maximum absolute atomic E-state index is 12.8. The van der Waals surface area contributed by atoms with E-state index in [0.717, 1.165) is 29.5 Å². The lowest BCUT2D eigenvalue weighted by atomic mass is 9.97. The Balaban J connectivity index is 2.22. The number of nitrogens with zero attached hydrogens (tertiary/aromatic N) is 1. The molecule has 2 aromatic heterocycles. The molecule has 1 aliphatic carbocycles. The maximum atomic E-state index is 12.8. The summed E-state index contributed by atoms with van der Waals surface area (Å²) in [5.74, 6) is 0.467. The fraction of sp³-hybridized carbons (Fsp3) is 0.600. The van der Waals surface area contributed by atoms with Crippen LogP contribution in [0.4, 0.5) is 0 Å². The summed E-state index contributed by atoms with van der Waals surface area (Å²) in [6.45, 7) is 5.02. The van der Waals surface area contributed by atoms with Gasteiger partial charge in [-0.15, -0.1) is 11.3 Å². The Morgan fingerprint density at radius 3 is 2.90 bits per heavy atom. The molecular weight excluding hydrogens is 288 g/mol. The van der Waals surface area contributed by atoms with Crippen molar-refractivity contribution in [1.29, 1.82) is 0 Å². The molecule has 0 bridgehead atoms. The molecule has 1 aliphatic rings. The van der Waals surface area contributed by atoms with E-state index in [2.05, 4.69) is 18.8 Å².